The summed E-state index contributed by atoms with van der Waals surface area (Å²) in [7, 11) is 0. The number of piperazine rings is 1. The van der Waals surface area contributed by atoms with E-state index in [4.69, 9.17) is 4.98 Å². The molecule has 2 amide bonds. The quantitative estimate of drug-likeness (QED) is 0.682. The Morgan fingerprint density at radius 2 is 1.68 bits per heavy atom. The first-order chi connectivity index (χ1) is 15.1. The van der Waals surface area contributed by atoms with Crippen molar-refractivity contribution < 1.29 is 9.59 Å². The van der Waals surface area contributed by atoms with E-state index in [1.807, 2.05) is 66.4 Å². The largest absolute Gasteiger partial charge is 0.336 e. The van der Waals surface area contributed by atoms with Gasteiger partial charge < -0.3 is 15.1 Å². The van der Waals surface area contributed by atoms with Crippen LogP contribution in [0.4, 0.5) is 5.69 Å². The van der Waals surface area contributed by atoms with Crippen LogP contribution in [0.25, 0.3) is 22.2 Å². The van der Waals surface area contributed by atoms with E-state index in [0.717, 1.165) is 60.6 Å². The van der Waals surface area contributed by atoms with Crippen molar-refractivity contribution in [3.8, 4) is 11.3 Å². The summed E-state index contributed by atoms with van der Waals surface area (Å²) in [4.78, 5) is 34.2. The fraction of sp³-hybridized carbons (Fsp3) is 0.320. The molecule has 0 spiro atoms. The Labute approximate surface area is 182 Å². The molecule has 0 saturated carbocycles. The van der Waals surface area contributed by atoms with Crippen LogP contribution in [0.15, 0.2) is 54.6 Å². The van der Waals surface area contributed by atoms with Crippen molar-refractivity contribution in [2.24, 2.45) is 0 Å². The summed E-state index contributed by atoms with van der Waals surface area (Å²) >= 11 is 0. The van der Waals surface area contributed by atoms with Gasteiger partial charge in [0, 0.05) is 49.2 Å². The average Bonchev–Trinajstić information content (AvgIpc) is 2.83. The molecule has 1 N–H and O–H groups in total. The highest BCUT2D eigenvalue weighted by Crippen LogP contribution is 2.27. The maximum Gasteiger partial charge on any atom is 0.254 e. The highest BCUT2D eigenvalue weighted by Gasteiger charge is 2.23. The number of pyridine rings is 1. The van der Waals surface area contributed by atoms with E-state index in [0.29, 0.717) is 12.0 Å². The predicted molar refractivity (Wildman–Crippen MR) is 124 cm³/mol. The fourth-order valence-corrected chi connectivity index (χ4v) is 3.91. The molecule has 4 rings (SSSR count). The van der Waals surface area contributed by atoms with E-state index in [9.17, 15) is 9.59 Å². The Bertz CT molecular complexity index is 1090. The number of fused-ring (bicyclic) bond motifs is 1. The Balaban J connectivity index is 1.67. The van der Waals surface area contributed by atoms with E-state index in [1.165, 1.54) is 0 Å². The number of aromatic nitrogens is 1. The molecular formula is C25H28N4O2. The van der Waals surface area contributed by atoms with Gasteiger partial charge in [-0.15, -0.1) is 0 Å². The number of nitrogens with one attached hydrogen (secondary N) is 1. The molecule has 1 saturated heterocycles. The first kappa shape index (κ1) is 21.0. The molecule has 0 unspecified atom stereocenters. The second-order valence-electron chi connectivity index (χ2n) is 7.78. The van der Waals surface area contributed by atoms with Gasteiger partial charge in [0.2, 0.25) is 5.91 Å². The minimum Gasteiger partial charge on any atom is -0.336 e. The summed E-state index contributed by atoms with van der Waals surface area (Å²) in [5.41, 5.74) is 3.90. The van der Waals surface area contributed by atoms with E-state index in [1.54, 1.807) is 0 Å². The molecule has 3 aromatic rings. The molecule has 160 valence electrons. The summed E-state index contributed by atoms with van der Waals surface area (Å²) in [5, 5.41) is 3.73. The van der Waals surface area contributed by atoms with Gasteiger partial charge in [0.1, 0.15) is 0 Å². The smallest absolute Gasteiger partial charge is 0.254 e. The van der Waals surface area contributed by atoms with Crippen LogP contribution in [0, 0.1) is 0 Å². The highest BCUT2D eigenvalue weighted by molar-refractivity contribution is 6.07. The standard InChI is InChI=1S/C25H28N4O2/c1-3-24(30)26-19-11-9-18(10-12-19)23-17-21(20-7-5-6-8-22(20)27-23)25(31)29-15-13-28(4-2)14-16-29/h5-12,17H,3-4,13-16H2,1-2H3,(H,26,30). The normalized spacial score (nSPS) is 14.6. The van der Waals surface area contributed by atoms with Crippen molar-refractivity contribution in [3.63, 3.8) is 0 Å². The summed E-state index contributed by atoms with van der Waals surface area (Å²) in [6.07, 6.45) is 0.436. The SMILES string of the molecule is CCC(=O)Nc1ccc(-c2cc(C(=O)N3CCN(CC)CC3)c3ccccc3n2)cc1. The van der Waals surface area contributed by atoms with Gasteiger partial charge in [-0.2, -0.15) is 0 Å². The Hall–Kier alpha value is -3.25. The van der Waals surface area contributed by atoms with Gasteiger partial charge in [0.15, 0.2) is 0 Å². The van der Waals surface area contributed by atoms with Crippen molar-refractivity contribution in [2.45, 2.75) is 20.3 Å². The maximum atomic E-state index is 13.4. The Morgan fingerprint density at radius 3 is 2.35 bits per heavy atom. The van der Waals surface area contributed by atoms with Crippen molar-refractivity contribution in [2.75, 3.05) is 38.0 Å². The molecule has 0 aliphatic carbocycles. The average molecular weight is 417 g/mol. The van der Waals surface area contributed by atoms with Crippen molar-refractivity contribution in [3.05, 3.63) is 60.2 Å². The number of nitrogens with zero attached hydrogens (tertiary/aromatic N) is 3. The lowest BCUT2D eigenvalue weighted by molar-refractivity contribution is -0.115. The molecule has 1 aromatic heterocycles. The van der Waals surface area contributed by atoms with Gasteiger partial charge in [0.25, 0.3) is 5.91 Å². The minimum absolute atomic E-state index is 0.0207. The third-order valence-corrected chi connectivity index (χ3v) is 5.84. The summed E-state index contributed by atoms with van der Waals surface area (Å²) in [5.74, 6) is 0.0371. The van der Waals surface area contributed by atoms with E-state index >= 15 is 0 Å². The highest BCUT2D eigenvalue weighted by atomic mass is 16.2. The van der Waals surface area contributed by atoms with Gasteiger partial charge in [-0.1, -0.05) is 44.2 Å². The van der Waals surface area contributed by atoms with Gasteiger partial charge >= 0.3 is 0 Å². The number of hydrogen-bond donors (Lipinski definition) is 1. The summed E-state index contributed by atoms with van der Waals surface area (Å²) in [6, 6.07) is 17.3. The molecule has 0 bridgehead atoms. The van der Waals surface area contributed by atoms with Crippen LogP contribution in [0.2, 0.25) is 0 Å². The van der Waals surface area contributed by atoms with Gasteiger partial charge in [-0.3, -0.25) is 9.59 Å². The second-order valence-corrected chi connectivity index (χ2v) is 7.78. The van der Waals surface area contributed by atoms with Crippen LogP contribution in [0.1, 0.15) is 30.6 Å². The number of benzene rings is 2. The number of anilines is 1. The molecule has 2 heterocycles. The summed E-state index contributed by atoms with van der Waals surface area (Å²) in [6.45, 7) is 8.28. The zero-order chi connectivity index (χ0) is 21.8. The number of rotatable bonds is 5. The Kier molecular flexibility index (Phi) is 6.28. The minimum atomic E-state index is -0.0207. The van der Waals surface area contributed by atoms with Crippen LogP contribution in [0.3, 0.4) is 0 Å². The van der Waals surface area contributed by atoms with Gasteiger partial charge in [-0.25, -0.2) is 4.98 Å². The van der Waals surface area contributed by atoms with Crippen molar-refractivity contribution >= 4 is 28.4 Å². The van der Waals surface area contributed by atoms with Crippen LogP contribution in [0.5, 0.6) is 0 Å². The van der Waals surface area contributed by atoms with E-state index < -0.39 is 0 Å². The van der Waals surface area contributed by atoms with Crippen LogP contribution < -0.4 is 5.32 Å². The lowest BCUT2D eigenvalue weighted by Crippen LogP contribution is -2.48. The van der Waals surface area contributed by atoms with Crippen molar-refractivity contribution in [1.82, 2.24) is 14.8 Å². The first-order valence-corrected chi connectivity index (χ1v) is 10.9. The zero-order valence-electron chi connectivity index (χ0n) is 18.1. The lowest BCUT2D eigenvalue weighted by atomic mass is 10.0. The molecular weight excluding hydrogens is 388 g/mol. The molecule has 0 atom stereocenters. The molecule has 0 radical (unpaired) electrons. The van der Waals surface area contributed by atoms with Crippen molar-refractivity contribution in [1.29, 1.82) is 0 Å². The third kappa shape index (κ3) is 4.59. The molecule has 31 heavy (non-hydrogen) atoms. The van der Waals surface area contributed by atoms with Gasteiger partial charge in [-0.05, 0) is 30.8 Å². The van der Waals surface area contributed by atoms with Gasteiger partial charge in [0.05, 0.1) is 16.8 Å². The van der Waals surface area contributed by atoms with Crippen LogP contribution in [-0.4, -0.2) is 59.3 Å². The number of para-hydroxylation sites is 1. The molecule has 1 aliphatic heterocycles. The summed E-state index contributed by atoms with van der Waals surface area (Å²) < 4.78 is 0. The maximum absolute atomic E-state index is 13.4. The van der Waals surface area contributed by atoms with Crippen LogP contribution in [-0.2, 0) is 4.79 Å². The molecule has 1 aliphatic rings. The number of likely N-dealkylation sites (N-methyl/N-ethyl adjacent to an activating group) is 1. The lowest BCUT2D eigenvalue weighted by Gasteiger charge is -2.34. The fourth-order valence-electron chi connectivity index (χ4n) is 3.91. The number of hydrogen-bond acceptors (Lipinski definition) is 4. The number of amides is 2. The number of carbonyl (C=O) groups excluding carboxylic acids is 2. The van der Waals surface area contributed by atoms with E-state index in [-0.39, 0.29) is 11.8 Å². The second kappa shape index (κ2) is 9.27. The molecule has 6 heteroatoms. The topological polar surface area (TPSA) is 65.5 Å². The molecule has 6 nitrogen and oxygen atoms in total. The Morgan fingerprint density at radius 1 is 0.968 bits per heavy atom. The number of carbonyl (C=O) groups is 2. The first-order valence-electron chi connectivity index (χ1n) is 10.9. The third-order valence-electron chi connectivity index (χ3n) is 5.84. The zero-order valence-corrected chi connectivity index (χ0v) is 18.1. The monoisotopic (exact) mass is 416 g/mol. The van der Waals surface area contributed by atoms with E-state index in [2.05, 4.69) is 17.1 Å². The molecule has 2 aromatic carbocycles. The van der Waals surface area contributed by atoms with Crippen LogP contribution >= 0.6 is 0 Å². The molecule has 1 fully saturated rings. The predicted octanol–water partition coefficient (Wildman–Crippen LogP) is 4.03.